The lowest BCUT2D eigenvalue weighted by molar-refractivity contribution is -0.0602. The Morgan fingerprint density at radius 2 is 2.17 bits per heavy atom. The molecule has 0 bridgehead atoms. The quantitative estimate of drug-likeness (QED) is 0.676. The lowest BCUT2D eigenvalue weighted by Gasteiger charge is -2.42. The van der Waals surface area contributed by atoms with Gasteiger partial charge in [0.05, 0.1) is 11.7 Å². The lowest BCUT2D eigenvalue weighted by atomic mass is 9.85. The molecule has 2 amide bonds. The average molecular weight is 420 g/mol. The predicted octanol–water partition coefficient (Wildman–Crippen LogP) is 1.31. The molecule has 2 saturated heterocycles. The SMILES string of the molecule is Cc1nn(C)cc1S(=O)(=O)NCc1cccc([C@@H]2NC(=O)N[C@H]3OCCC[C@H]32)c1. The smallest absolute Gasteiger partial charge is 0.317 e. The fourth-order valence-corrected chi connectivity index (χ4v) is 5.27. The van der Waals surface area contributed by atoms with Crippen molar-refractivity contribution >= 4 is 16.1 Å². The van der Waals surface area contributed by atoms with E-state index in [9.17, 15) is 13.2 Å². The zero-order valence-corrected chi connectivity index (χ0v) is 17.2. The Morgan fingerprint density at radius 1 is 1.34 bits per heavy atom. The minimum Gasteiger partial charge on any atom is -0.358 e. The molecular weight excluding hydrogens is 394 g/mol. The van der Waals surface area contributed by atoms with Crippen LogP contribution in [0.1, 0.15) is 35.7 Å². The first kappa shape index (κ1) is 19.9. The molecule has 0 unspecified atom stereocenters. The number of hydrogen-bond donors (Lipinski definition) is 3. The molecule has 156 valence electrons. The first-order chi connectivity index (χ1) is 13.8. The Morgan fingerprint density at radius 3 is 2.93 bits per heavy atom. The Labute approximate surface area is 169 Å². The second kappa shape index (κ2) is 7.77. The molecule has 2 aliphatic rings. The van der Waals surface area contributed by atoms with E-state index in [0.717, 1.165) is 24.0 Å². The number of aryl methyl sites for hydroxylation is 2. The van der Waals surface area contributed by atoms with Crippen molar-refractivity contribution in [3.63, 3.8) is 0 Å². The fourth-order valence-electron chi connectivity index (χ4n) is 4.04. The third kappa shape index (κ3) is 4.14. The number of carbonyl (C=O) groups is 1. The third-order valence-electron chi connectivity index (χ3n) is 5.39. The van der Waals surface area contributed by atoms with Crippen molar-refractivity contribution in [2.75, 3.05) is 6.61 Å². The van der Waals surface area contributed by atoms with Crippen LogP contribution in [0.3, 0.4) is 0 Å². The van der Waals surface area contributed by atoms with Crippen molar-refractivity contribution in [3.8, 4) is 0 Å². The van der Waals surface area contributed by atoms with Crippen LogP contribution in [0.5, 0.6) is 0 Å². The molecule has 1 aromatic heterocycles. The van der Waals surface area contributed by atoms with E-state index >= 15 is 0 Å². The van der Waals surface area contributed by atoms with E-state index in [1.165, 1.54) is 10.9 Å². The van der Waals surface area contributed by atoms with Gasteiger partial charge in [-0.1, -0.05) is 24.3 Å². The Hall–Kier alpha value is -2.43. The largest absolute Gasteiger partial charge is 0.358 e. The lowest BCUT2D eigenvalue weighted by Crippen LogP contribution is -2.58. The maximum atomic E-state index is 12.6. The number of ether oxygens (including phenoxy) is 1. The number of nitrogens with zero attached hydrogens (tertiary/aromatic N) is 2. The standard InChI is InChI=1S/C19H25N5O4S/c1-12-16(11-24(2)23-12)29(26,27)20-10-13-5-3-6-14(9-13)17-15-7-4-8-28-18(15)22-19(25)21-17/h3,5-6,9,11,15,17-18,20H,4,7-8,10H2,1-2H3,(H2,21,22,25)/t15-,17-,18-/m0/s1. The minimum atomic E-state index is -3.67. The number of fused-ring (bicyclic) bond motifs is 1. The maximum absolute atomic E-state index is 12.6. The normalized spacial score (nSPS) is 24.5. The second-order valence-electron chi connectivity index (χ2n) is 7.51. The molecule has 1 aromatic carbocycles. The van der Waals surface area contributed by atoms with Crippen molar-refractivity contribution in [1.29, 1.82) is 0 Å². The van der Waals surface area contributed by atoms with Crippen LogP contribution in [-0.2, 0) is 28.4 Å². The summed E-state index contributed by atoms with van der Waals surface area (Å²) < 4.78 is 35.1. The third-order valence-corrected chi connectivity index (χ3v) is 6.89. The number of rotatable bonds is 5. The second-order valence-corrected chi connectivity index (χ2v) is 9.25. The number of carbonyl (C=O) groups excluding carboxylic acids is 1. The molecule has 0 radical (unpaired) electrons. The van der Waals surface area contributed by atoms with Gasteiger partial charge in [-0.05, 0) is 30.9 Å². The fraction of sp³-hybridized carbons (Fsp3) is 0.474. The van der Waals surface area contributed by atoms with Crippen LogP contribution in [0.15, 0.2) is 35.4 Å². The van der Waals surface area contributed by atoms with Crippen LogP contribution in [0, 0.1) is 12.8 Å². The Bertz CT molecular complexity index is 1020. The maximum Gasteiger partial charge on any atom is 0.317 e. The topological polar surface area (TPSA) is 114 Å². The van der Waals surface area contributed by atoms with Gasteiger partial charge in [-0.25, -0.2) is 17.9 Å². The van der Waals surface area contributed by atoms with Crippen LogP contribution >= 0.6 is 0 Å². The van der Waals surface area contributed by atoms with Gasteiger partial charge in [0.25, 0.3) is 0 Å². The molecule has 9 nitrogen and oxygen atoms in total. The van der Waals surface area contributed by atoms with Gasteiger partial charge in [0.1, 0.15) is 11.1 Å². The number of sulfonamides is 1. The number of benzene rings is 1. The van der Waals surface area contributed by atoms with Gasteiger partial charge < -0.3 is 15.4 Å². The van der Waals surface area contributed by atoms with E-state index < -0.39 is 10.0 Å². The van der Waals surface area contributed by atoms with Gasteiger partial charge in [0.15, 0.2) is 0 Å². The monoisotopic (exact) mass is 419 g/mol. The number of amides is 2. The highest BCUT2D eigenvalue weighted by Crippen LogP contribution is 2.34. The van der Waals surface area contributed by atoms with Crippen molar-refractivity contribution in [1.82, 2.24) is 25.1 Å². The van der Waals surface area contributed by atoms with Gasteiger partial charge in [-0.2, -0.15) is 5.10 Å². The Kier molecular flexibility index (Phi) is 5.32. The van der Waals surface area contributed by atoms with E-state index in [-0.39, 0.29) is 35.7 Å². The minimum absolute atomic E-state index is 0.131. The van der Waals surface area contributed by atoms with Gasteiger partial charge >= 0.3 is 6.03 Å². The summed E-state index contributed by atoms with van der Waals surface area (Å²) in [7, 11) is -1.98. The van der Waals surface area contributed by atoms with E-state index in [1.807, 2.05) is 24.3 Å². The molecule has 2 aromatic rings. The summed E-state index contributed by atoms with van der Waals surface area (Å²) in [6.07, 6.45) is 3.08. The first-order valence-electron chi connectivity index (χ1n) is 9.61. The highest BCUT2D eigenvalue weighted by Gasteiger charge is 2.39. The van der Waals surface area contributed by atoms with E-state index in [1.54, 1.807) is 14.0 Å². The molecule has 3 N–H and O–H groups in total. The Balaban J connectivity index is 1.51. The molecule has 10 heteroatoms. The van der Waals surface area contributed by atoms with Crippen molar-refractivity contribution in [2.45, 2.75) is 43.5 Å². The average Bonchev–Trinajstić information content (AvgIpc) is 3.05. The molecule has 0 aliphatic carbocycles. The summed E-state index contributed by atoms with van der Waals surface area (Å²) >= 11 is 0. The molecule has 3 heterocycles. The van der Waals surface area contributed by atoms with Crippen LogP contribution in [0.2, 0.25) is 0 Å². The zero-order valence-electron chi connectivity index (χ0n) is 16.4. The van der Waals surface area contributed by atoms with E-state index in [2.05, 4.69) is 20.5 Å². The van der Waals surface area contributed by atoms with Gasteiger partial charge in [-0.15, -0.1) is 0 Å². The number of aromatic nitrogens is 2. The van der Waals surface area contributed by atoms with E-state index in [0.29, 0.717) is 12.3 Å². The van der Waals surface area contributed by atoms with Crippen LogP contribution < -0.4 is 15.4 Å². The molecular formula is C19H25N5O4S. The number of hydrogen-bond acceptors (Lipinski definition) is 5. The summed E-state index contributed by atoms with van der Waals surface area (Å²) in [4.78, 5) is 12.2. The highest BCUT2D eigenvalue weighted by atomic mass is 32.2. The van der Waals surface area contributed by atoms with Gasteiger partial charge in [-0.3, -0.25) is 4.68 Å². The molecule has 4 rings (SSSR count). The number of urea groups is 1. The molecule has 0 spiro atoms. The summed E-state index contributed by atoms with van der Waals surface area (Å²) in [6, 6.07) is 7.19. The van der Waals surface area contributed by atoms with Crippen molar-refractivity contribution in [2.24, 2.45) is 13.0 Å². The molecule has 2 fully saturated rings. The van der Waals surface area contributed by atoms with Crippen LogP contribution in [0.25, 0.3) is 0 Å². The van der Waals surface area contributed by atoms with Crippen molar-refractivity contribution < 1.29 is 17.9 Å². The van der Waals surface area contributed by atoms with Crippen LogP contribution in [0.4, 0.5) is 4.79 Å². The molecule has 2 aliphatic heterocycles. The van der Waals surface area contributed by atoms with Gasteiger partial charge in [0.2, 0.25) is 10.0 Å². The van der Waals surface area contributed by atoms with Crippen molar-refractivity contribution in [3.05, 3.63) is 47.3 Å². The summed E-state index contributed by atoms with van der Waals surface area (Å²) in [5.74, 6) is 0.131. The zero-order chi connectivity index (χ0) is 20.6. The molecule has 29 heavy (non-hydrogen) atoms. The van der Waals surface area contributed by atoms with Crippen LogP contribution in [-0.4, -0.2) is 37.1 Å². The predicted molar refractivity (Wildman–Crippen MR) is 105 cm³/mol. The summed E-state index contributed by atoms with van der Waals surface area (Å²) in [5.41, 5.74) is 2.21. The summed E-state index contributed by atoms with van der Waals surface area (Å²) in [6.45, 7) is 2.45. The molecule has 3 atom stereocenters. The summed E-state index contributed by atoms with van der Waals surface area (Å²) in [5, 5.41) is 9.91. The van der Waals surface area contributed by atoms with Gasteiger partial charge in [0, 0.05) is 32.3 Å². The first-order valence-corrected chi connectivity index (χ1v) is 11.1. The highest BCUT2D eigenvalue weighted by molar-refractivity contribution is 7.89. The van der Waals surface area contributed by atoms with E-state index in [4.69, 9.17) is 4.74 Å². The molecule has 0 saturated carbocycles. The number of nitrogens with one attached hydrogen (secondary N) is 3.